The fraction of sp³-hybridized carbons (Fsp3) is 0.375. The number of nitrogens with one attached hydrogen (secondary N) is 1. The van der Waals surface area contributed by atoms with E-state index in [1.807, 2.05) is 6.07 Å². The lowest BCUT2D eigenvalue weighted by Gasteiger charge is -2.30. The Bertz CT molecular complexity index is 1210. The second kappa shape index (κ2) is 10.8. The van der Waals surface area contributed by atoms with Gasteiger partial charge in [-0.3, -0.25) is 5.32 Å². The molecule has 1 aliphatic rings. The summed E-state index contributed by atoms with van der Waals surface area (Å²) < 4.78 is 9.88. The van der Waals surface area contributed by atoms with E-state index in [0.29, 0.717) is 64.7 Å². The monoisotopic (exact) mass is 497 g/mol. The third-order valence-electron chi connectivity index (χ3n) is 5.58. The minimum Gasteiger partial charge on any atom is -0.465 e. The molecule has 35 heavy (non-hydrogen) atoms. The zero-order chi connectivity index (χ0) is 24.9. The summed E-state index contributed by atoms with van der Waals surface area (Å²) in [6.07, 6.45) is 1.00. The quantitative estimate of drug-likeness (QED) is 0.468. The number of aliphatic hydroxyl groups is 1. The van der Waals surface area contributed by atoms with Crippen molar-refractivity contribution >= 4 is 40.2 Å². The number of carbonyl (C=O) groups excluding carboxylic acids is 2. The van der Waals surface area contributed by atoms with E-state index >= 15 is 0 Å². The Labute approximate surface area is 207 Å². The lowest BCUT2D eigenvalue weighted by atomic mass is 10.1. The first-order chi connectivity index (χ1) is 16.9. The maximum atomic E-state index is 12.2. The molecule has 0 radical (unpaired) electrons. The number of methoxy groups -OCH3 is 1. The van der Waals surface area contributed by atoms with Crippen molar-refractivity contribution in [1.82, 2.24) is 15.0 Å². The van der Waals surface area contributed by atoms with E-state index in [0.717, 1.165) is 5.56 Å². The maximum absolute atomic E-state index is 12.2. The largest absolute Gasteiger partial charge is 0.465 e. The molecule has 2 N–H and O–H groups in total. The van der Waals surface area contributed by atoms with Gasteiger partial charge in [-0.25, -0.2) is 19.6 Å². The summed E-state index contributed by atoms with van der Waals surface area (Å²) in [6, 6.07) is 8.85. The van der Waals surface area contributed by atoms with Gasteiger partial charge in [0.05, 0.1) is 36.8 Å². The second-order valence-corrected chi connectivity index (χ2v) is 9.00. The summed E-state index contributed by atoms with van der Waals surface area (Å²) in [5.74, 6) is 0.208. The molecule has 1 aromatic carbocycles. The first-order valence-corrected chi connectivity index (χ1v) is 12.1. The van der Waals surface area contributed by atoms with Gasteiger partial charge in [-0.05, 0) is 38.8 Å². The number of aliphatic hydroxyl groups excluding tert-OH is 1. The van der Waals surface area contributed by atoms with Crippen LogP contribution in [0.1, 0.15) is 45.5 Å². The molecule has 184 valence electrons. The summed E-state index contributed by atoms with van der Waals surface area (Å²) in [7, 11) is 1.34. The van der Waals surface area contributed by atoms with Gasteiger partial charge >= 0.3 is 11.9 Å². The predicted molar refractivity (Wildman–Crippen MR) is 132 cm³/mol. The predicted octanol–water partition coefficient (Wildman–Crippen LogP) is 3.58. The van der Waals surface area contributed by atoms with Crippen LogP contribution in [0.15, 0.2) is 30.3 Å². The minimum absolute atomic E-state index is 0.284. The van der Waals surface area contributed by atoms with Crippen molar-refractivity contribution in [3.8, 4) is 11.3 Å². The minimum atomic E-state index is -0.413. The van der Waals surface area contributed by atoms with E-state index in [1.165, 1.54) is 18.4 Å². The summed E-state index contributed by atoms with van der Waals surface area (Å²) in [4.78, 5) is 40.3. The van der Waals surface area contributed by atoms with Crippen LogP contribution in [0, 0.1) is 6.92 Å². The third kappa shape index (κ3) is 5.75. The van der Waals surface area contributed by atoms with E-state index in [9.17, 15) is 14.7 Å². The van der Waals surface area contributed by atoms with Gasteiger partial charge < -0.3 is 19.5 Å². The fourth-order valence-electron chi connectivity index (χ4n) is 3.72. The highest BCUT2D eigenvalue weighted by atomic mass is 32.1. The molecule has 0 atom stereocenters. The molecule has 1 saturated heterocycles. The Morgan fingerprint density at radius 3 is 2.51 bits per heavy atom. The first-order valence-electron chi connectivity index (χ1n) is 11.3. The topological polar surface area (TPSA) is 127 Å². The molecule has 1 aliphatic heterocycles. The Morgan fingerprint density at radius 2 is 1.86 bits per heavy atom. The summed E-state index contributed by atoms with van der Waals surface area (Å²) >= 11 is 1.18. The van der Waals surface area contributed by atoms with Gasteiger partial charge in [0.15, 0.2) is 5.13 Å². The molecule has 1 fully saturated rings. The number of hydrogen-bond acceptors (Lipinski definition) is 11. The van der Waals surface area contributed by atoms with Gasteiger partial charge in [0.25, 0.3) is 0 Å². The van der Waals surface area contributed by atoms with E-state index in [4.69, 9.17) is 9.47 Å². The molecule has 0 aliphatic carbocycles. The number of nitrogens with zero attached hydrogens (tertiary/aromatic N) is 4. The van der Waals surface area contributed by atoms with Crippen LogP contribution in [-0.4, -0.2) is 64.9 Å². The number of benzene rings is 1. The smallest absolute Gasteiger partial charge is 0.350 e. The van der Waals surface area contributed by atoms with Crippen LogP contribution < -0.4 is 10.2 Å². The van der Waals surface area contributed by atoms with E-state index in [1.54, 1.807) is 38.1 Å². The number of anilines is 3. The first kappa shape index (κ1) is 24.6. The lowest BCUT2D eigenvalue weighted by molar-refractivity contribution is 0.0529. The highest BCUT2D eigenvalue weighted by Crippen LogP contribution is 2.29. The Hall–Kier alpha value is -3.57. The van der Waals surface area contributed by atoms with Gasteiger partial charge in [0.2, 0.25) is 5.95 Å². The van der Waals surface area contributed by atoms with Gasteiger partial charge in [0, 0.05) is 24.7 Å². The van der Waals surface area contributed by atoms with Crippen molar-refractivity contribution in [3.05, 3.63) is 46.5 Å². The maximum Gasteiger partial charge on any atom is 0.350 e. The average Bonchev–Trinajstić information content (AvgIpc) is 3.23. The normalized spacial score (nSPS) is 14.0. The van der Waals surface area contributed by atoms with Crippen LogP contribution in [0.2, 0.25) is 0 Å². The number of ether oxygens (including phenoxy) is 2. The van der Waals surface area contributed by atoms with Crippen LogP contribution in [0.4, 0.5) is 16.9 Å². The Balaban J connectivity index is 1.67. The van der Waals surface area contributed by atoms with Crippen molar-refractivity contribution in [1.29, 1.82) is 0 Å². The molecule has 0 amide bonds. The standard InChI is InChI=1S/C24H27N5O5S/c1-4-34-22(32)20-14(2)25-24(35-20)28-23-26-18(15-5-7-16(8-6-15)21(31)33-3)13-19(27-23)29-11-9-17(30)10-12-29/h5-8,13,17,30H,4,9-12H2,1-3H3,(H,25,26,27,28). The zero-order valence-corrected chi connectivity index (χ0v) is 20.6. The number of piperidine rings is 1. The highest BCUT2D eigenvalue weighted by Gasteiger charge is 2.21. The molecular formula is C24H27N5O5S. The molecule has 11 heteroatoms. The highest BCUT2D eigenvalue weighted by molar-refractivity contribution is 7.17. The SMILES string of the molecule is CCOC(=O)c1sc(Nc2nc(-c3ccc(C(=O)OC)cc3)cc(N3CCC(O)CC3)n2)nc1C. The molecular weight excluding hydrogens is 470 g/mol. The van der Waals surface area contributed by atoms with Crippen molar-refractivity contribution < 1.29 is 24.2 Å². The van der Waals surface area contributed by atoms with Crippen LogP contribution in [0.25, 0.3) is 11.3 Å². The van der Waals surface area contributed by atoms with E-state index in [-0.39, 0.29) is 12.7 Å². The molecule has 3 aromatic rings. The second-order valence-electron chi connectivity index (χ2n) is 8.00. The molecule has 3 heterocycles. The van der Waals surface area contributed by atoms with Crippen LogP contribution >= 0.6 is 11.3 Å². The van der Waals surface area contributed by atoms with Crippen molar-refractivity contribution in [2.24, 2.45) is 0 Å². The van der Waals surface area contributed by atoms with Gasteiger partial charge in [0.1, 0.15) is 10.7 Å². The number of aromatic nitrogens is 3. The number of carbonyl (C=O) groups is 2. The molecule has 2 aromatic heterocycles. The number of aryl methyl sites for hydroxylation is 1. The fourth-order valence-corrected chi connectivity index (χ4v) is 4.58. The van der Waals surface area contributed by atoms with E-state index in [2.05, 4.69) is 25.2 Å². The number of thiazole rings is 1. The lowest BCUT2D eigenvalue weighted by Crippen LogP contribution is -2.36. The molecule has 0 spiro atoms. The van der Waals surface area contributed by atoms with Crippen LogP contribution in [0.3, 0.4) is 0 Å². The average molecular weight is 498 g/mol. The zero-order valence-electron chi connectivity index (χ0n) is 19.8. The van der Waals surface area contributed by atoms with Crippen molar-refractivity contribution in [2.45, 2.75) is 32.8 Å². The summed E-state index contributed by atoms with van der Waals surface area (Å²) in [6.45, 7) is 5.13. The van der Waals surface area contributed by atoms with Crippen molar-refractivity contribution in [3.63, 3.8) is 0 Å². The molecule has 0 bridgehead atoms. The molecule has 10 nitrogen and oxygen atoms in total. The van der Waals surface area contributed by atoms with Crippen LogP contribution in [0.5, 0.6) is 0 Å². The summed E-state index contributed by atoms with van der Waals surface area (Å²) in [5, 5.41) is 13.5. The Morgan fingerprint density at radius 1 is 1.14 bits per heavy atom. The molecule has 4 rings (SSSR count). The van der Waals surface area contributed by atoms with Gasteiger partial charge in [-0.15, -0.1) is 0 Å². The molecule has 0 saturated carbocycles. The van der Waals surface area contributed by atoms with Gasteiger partial charge in [-0.2, -0.15) is 4.98 Å². The van der Waals surface area contributed by atoms with Gasteiger partial charge in [-0.1, -0.05) is 23.5 Å². The number of esters is 2. The van der Waals surface area contributed by atoms with E-state index < -0.39 is 11.9 Å². The van der Waals surface area contributed by atoms with Crippen molar-refractivity contribution in [2.75, 3.05) is 37.0 Å². The number of hydrogen-bond donors (Lipinski definition) is 2. The number of rotatable bonds is 7. The van der Waals surface area contributed by atoms with Crippen LogP contribution in [-0.2, 0) is 9.47 Å². The summed E-state index contributed by atoms with van der Waals surface area (Å²) in [5.41, 5.74) is 2.46. The third-order valence-corrected chi connectivity index (χ3v) is 6.63. The molecule has 0 unspecified atom stereocenters. The Kier molecular flexibility index (Phi) is 7.57.